The zero-order valence-electron chi connectivity index (χ0n) is 19.3. The summed E-state index contributed by atoms with van der Waals surface area (Å²) in [6, 6.07) is 15.6. The smallest absolute Gasteiger partial charge is 0.354 e. The van der Waals surface area contributed by atoms with Crippen LogP contribution in [0.2, 0.25) is 0 Å². The molecule has 4 rings (SSSR count). The highest BCUT2D eigenvalue weighted by atomic mass is 19.1. The van der Waals surface area contributed by atoms with E-state index < -0.39 is 35.0 Å². The SMILES string of the molecule is CCc1c(F)cccc1NC(=O)C[C@@H](c1ccc(-n2ccc(N)nc2=O)cc1)c1cc(F)cc(F)c1. The minimum absolute atomic E-state index is 0.0941. The van der Waals surface area contributed by atoms with Crippen LogP contribution < -0.4 is 16.7 Å². The fourth-order valence-corrected chi connectivity index (χ4v) is 4.11. The molecule has 3 N–H and O–H groups in total. The Kier molecular flexibility index (Phi) is 7.19. The third-order valence-corrected chi connectivity index (χ3v) is 5.82. The van der Waals surface area contributed by atoms with Crippen molar-refractivity contribution in [3.8, 4) is 5.69 Å². The zero-order chi connectivity index (χ0) is 25.8. The van der Waals surface area contributed by atoms with Gasteiger partial charge < -0.3 is 11.1 Å². The van der Waals surface area contributed by atoms with Crippen LogP contribution >= 0.6 is 0 Å². The number of hydrogen-bond acceptors (Lipinski definition) is 4. The van der Waals surface area contributed by atoms with Crippen molar-refractivity contribution in [1.82, 2.24) is 9.55 Å². The monoisotopic (exact) mass is 492 g/mol. The summed E-state index contributed by atoms with van der Waals surface area (Å²) in [4.78, 5) is 28.9. The average Bonchev–Trinajstić information content (AvgIpc) is 2.82. The van der Waals surface area contributed by atoms with Crippen LogP contribution in [-0.4, -0.2) is 15.5 Å². The second-order valence-corrected chi connectivity index (χ2v) is 8.22. The molecular weight excluding hydrogens is 469 g/mol. The van der Waals surface area contributed by atoms with Crippen LogP contribution in [0.4, 0.5) is 24.7 Å². The molecule has 184 valence electrons. The van der Waals surface area contributed by atoms with Crippen molar-refractivity contribution in [2.24, 2.45) is 0 Å². The number of halogens is 3. The molecule has 0 spiro atoms. The number of carbonyl (C=O) groups excluding carboxylic acids is 1. The van der Waals surface area contributed by atoms with E-state index in [1.54, 1.807) is 37.3 Å². The number of carbonyl (C=O) groups is 1. The highest BCUT2D eigenvalue weighted by Crippen LogP contribution is 2.31. The lowest BCUT2D eigenvalue weighted by atomic mass is 9.88. The van der Waals surface area contributed by atoms with Gasteiger partial charge in [0.15, 0.2) is 0 Å². The predicted octanol–water partition coefficient (Wildman–Crippen LogP) is 4.96. The molecule has 0 unspecified atom stereocenters. The highest BCUT2D eigenvalue weighted by Gasteiger charge is 2.21. The van der Waals surface area contributed by atoms with E-state index in [0.29, 0.717) is 28.9 Å². The number of nitrogens with one attached hydrogen (secondary N) is 1. The van der Waals surface area contributed by atoms with Crippen molar-refractivity contribution in [2.45, 2.75) is 25.7 Å². The van der Waals surface area contributed by atoms with Crippen LogP contribution in [0.25, 0.3) is 5.69 Å². The highest BCUT2D eigenvalue weighted by molar-refractivity contribution is 5.92. The van der Waals surface area contributed by atoms with E-state index >= 15 is 0 Å². The molecule has 0 saturated carbocycles. The number of benzene rings is 3. The molecule has 36 heavy (non-hydrogen) atoms. The molecule has 1 atom stereocenters. The summed E-state index contributed by atoms with van der Waals surface area (Å²) < 4.78 is 43.5. The first-order valence-electron chi connectivity index (χ1n) is 11.2. The molecule has 0 bridgehead atoms. The summed E-state index contributed by atoms with van der Waals surface area (Å²) in [5, 5.41) is 2.72. The fraction of sp³-hybridized carbons (Fsp3) is 0.148. The predicted molar refractivity (Wildman–Crippen MR) is 131 cm³/mol. The molecule has 1 aromatic heterocycles. The van der Waals surface area contributed by atoms with Gasteiger partial charge in [0.2, 0.25) is 5.91 Å². The Balaban J connectivity index is 1.67. The van der Waals surface area contributed by atoms with Crippen LogP contribution in [0.5, 0.6) is 0 Å². The van der Waals surface area contributed by atoms with E-state index in [1.807, 2.05) is 0 Å². The van der Waals surface area contributed by atoms with Crippen molar-refractivity contribution < 1.29 is 18.0 Å². The van der Waals surface area contributed by atoms with Gasteiger partial charge in [0.1, 0.15) is 23.3 Å². The number of hydrogen-bond donors (Lipinski definition) is 2. The van der Waals surface area contributed by atoms with Crippen LogP contribution in [-0.2, 0) is 11.2 Å². The molecule has 0 aliphatic carbocycles. The molecule has 1 amide bonds. The van der Waals surface area contributed by atoms with Crippen LogP contribution in [0, 0.1) is 17.5 Å². The molecule has 1 heterocycles. The van der Waals surface area contributed by atoms with Gasteiger partial charge >= 0.3 is 5.69 Å². The Morgan fingerprint density at radius 2 is 1.69 bits per heavy atom. The Morgan fingerprint density at radius 3 is 2.33 bits per heavy atom. The minimum Gasteiger partial charge on any atom is -0.383 e. The summed E-state index contributed by atoms with van der Waals surface area (Å²) in [5.74, 6) is -3.05. The van der Waals surface area contributed by atoms with Gasteiger partial charge in [-0.25, -0.2) is 18.0 Å². The number of rotatable bonds is 7. The van der Waals surface area contributed by atoms with Gasteiger partial charge in [-0.05, 0) is 60.0 Å². The summed E-state index contributed by atoms with van der Waals surface area (Å²) in [6.45, 7) is 1.77. The number of nitrogens with zero attached hydrogens (tertiary/aromatic N) is 2. The molecule has 0 aliphatic heterocycles. The van der Waals surface area contributed by atoms with Gasteiger partial charge in [-0.15, -0.1) is 0 Å². The number of aromatic nitrogens is 2. The van der Waals surface area contributed by atoms with Gasteiger partial charge in [-0.1, -0.05) is 25.1 Å². The maximum atomic E-state index is 14.1. The average molecular weight is 493 g/mol. The largest absolute Gasteiger partial charge is 0.383 e. The van der Waals surface area contributed by atoms with Crippen LogP contribution in [0.3, 0.4) is 0 Å². The first kappa shape index (κ1) is 24.7. The van der Waals surface area contributed by atoms with Crippen molar-refractivity contribution in [2.75, 3.05) is 11.1 Å². The quantitative estimate of drug-likeness (QED) is 0.382. The standard InChI is InChI=1S/C27H23F3N4O2/c1-2-21-23(30)4-3-5-24(21)32-26(35)15-22(17-12-18(28)14-19(29)13-17)16-6-8-20(9-7-16)34-11-10-25(31)33-27(34)36/h3-14,22H,2,15H2,1H3,(H,32,35)(H2,31,33,36)/t22-/m0/s1. The lowest BCUT2D eigenvalue weighted by Gasteiger charge is -2.19. The van der Waals surface area contributed by atoms with Crippen molar-refractivity contribution in [3.63, 3.8) is 0 Å². The summed E-state index contributed by atoms with van der Waals surface area (Å²) >= 11 is 0. The van der Waals surface area contributed by atoms with Gasteiger partial charge in [0.05, 0.1) is 5.69 Å². The maximum absolute atomic E-state index is 14.1. The van der Waals surface area contributed by atoms with Gasteiger partial charge in [-0.2, -0.15) is 4.98 Å². The number of nitrogen functional groups attached to an aromatic ring is 1. The molecule has 3 aromatic carbocycles. The third-order valence-electron chi connectivity index (χ3n) is 5.82. The number of amides is 1. The molecular formula is C27H23F3N4O2. The molecule has 6 nitrogen and oxygen atoms in total. The molecule has 4 aromatic rings. The summed E-state index contributed by atoms with van der Waals surface area (Å²) in [5.41, 5.74) is 7.04. The number of nitrogens with two attached hydrogens (primary N) is 1. The molecule has 0 saturated heterocycles. The van der Waals surface area contributed by atoms with Crippen molar-refractivity contribution >= 4 is 17.4 Å². The molecule has 0 fully saturated rings. The maximum Gasteiger partial charge on any atom is 0.354 e. The Morgan fingerprint density at radius 1 is 1.00 bits per heavy atom. The van der Waals surface area contributed by atoms with E-state index in [1.165, 1.54) is 41.1 Å². The lowest BCUT2D eigenvalue weighted by molar-refractivity contribution is -0.116. The first-order chi connectivity index (χ1) is 17.2. The first-order valence-corrected chi connectivity index (χ1v) is 11.2. The third kappa shape index (κ3) is 5.46. The van der Waals surface area contributed by atoms with Gasteiger partial charge in [0.25, 0.3) is 0 Å². The Labute approximate surface area is 205 Å². The molecule has 9 heteroatoms. The van der Waals surface area contributed by atoms with E-state index in [9.17, 15) is 22.8 Å². The van der Waals surface area contributed by atoms with E-state index in [0.717, 1.165) is 6.07 Å². The van der Waals surface area contributed by atoms with Gasteiger partial charge in [-0.3, -0.25) is 9.36 Å². The second kappa shape index (κ2) is 10.5. The normalized spacial score (nSPS) is 11.8. The van der Waals surface area contributed by atoms with E-state index in [4.69, 9.17) is 5.73 Å². The molecule has 0 aliphatic rings. The Hall–Kier alpha value is -4.40. The summed E-state index contributed by atoms with van der Waals surface area (Å²) in [7, 11) is 0. The van der Waals surface area contributed by atoms with E-state index in [2.05, 4.69) is 10.3 Å². The van der Waals surface area contributed by atoms with Gasteiger partial charge in [0, 0.05) is 35.9 Å². The summed E-state index contributed by atoms with van der Waals surface area (Å²) in [6.07, 6.45) is 1.70. The Bertz CT molecular complexity index is 1450. The minimum atomic E-state index is -0.773. The van der Waals surface area contributed by atoms with Crippen LogP contribution in [0.15, 0.2) is 77.7 Å². The lowest BCUT2D eigenvalue weighted by Crippen LogP contribution is -2.21. The van der Waals surface area contributed by atoms with Crippen LogP contribution in [0.1, 0.15) is 36.0 Å². The topological polar surface area (TPSA) is 90.0 Å². The second-order valence-electron chi connectivity index (χ2n) is 8.22. The zero-order valence-corrected chi connectivity index (χ0v) is 19.3. The van der Waals surface area contributed by atoms with Crippen molar-refractivity contribution in [3.05, 3.63) is 118 Å². The molecule has 0 radical (unpaired) electrons. The van der Waals surface area contributed by atoms with Crippen molar-refractivity contribution in [1.29, 1.82) is 0 Å². The fourth-order valence-electron chi connectivity index (χ4n) is 4.11. The van der Waals surface area contributed by atoms with E-state index in [-0.39, 0.29) is 17.8 Å². The number of anilines is 2.